The lowest BCUT2D eigenvalue weighted by Crippen LogP contribution is -2.40. The van der Waals surface area contributed by atoms with Gasteiger partial charge in [-0.3, -0.25) is 0 Å². The van der Waals surface area contributed by atoms with Crippen molar-refractivity contribution in [1.29, 1.82) is 0 Å². The Bertz CT molecular complexity index is 410. The number of hydrogen-bond donors (Lipinski definition) is 1. The molecule has 0 saturated heterocycles. The molecule has 18 heavy (non-hydrogen) atoms. The first-order valence-corrected chi connectivity index (χ1v) is 7.44. The van der Waals surface area contributed by atoms with Gasteiger partial charge in [0, 0.05) is 12.2 Å². The van der Waals surface area contributed by atoms with Crippen LogP contribution in [0.4, 0.5) is 5.82 Å². The van der Waals surface area contributed by atoms with Gasteiger partial charge in [-0.2, -0.15) is 0 Å². The van der Waals surface area contributed by atoms with Gasteiger partial charge in [0.15, 0.2) is 0 Å². The summed E-state index contributed by atoms with van der Waals surface area (Å²) in [7, 11) is 0. The van der Waals surface area contributed by atoms with Gasteiger partial charge in [-0.15, -0.1) is 0 Å². The number of pyridine rings is 1. The third-order valence-corrected chi connectivity index (χ3v) is 4.29. The van der Waals surface area contributed by atoms with E-state index < -0.39 is 0 Å². The van der Waals surface area contributed by atoms with E-state index in [1.165, 1.54) is 19.3 Å². The third kappa shape index (κ3) is 3.47. The van der Waals surface area contributed by atoms with Crippen molar-refractivity contribution >= 4 is 21.7 Å². The molecule has 1 aliphatic rings. The minimum absolute atomic E-state index is 0.403. The maximum Gasteiger partial charge on any atom is 0.140 e. The van der Waals surface area contributed by atoms with Crippen LogP contribution in [0.2, 0.25) is 0 Å². The largest absolute Gasteiger partial charge is 0.366 e. The Morgan fingerprint density at radius 2 is 1.83 bits per heavy atom. The Labute approximate surface area is 119 Å². The molecule has 0 bridgehead atoms. The highest BCUT2D eigenvalue weighted by Crippen LogP contribution is 2.46. The molecule has 1 aromatic rings. The Morgan fingerprint density at radius 1 is 1.22 bits per heavy atom. The predicted molar refractivity (Wildman–Crippen MR) is 80.8 cm³/mol. The zero-order valence-electron chi connectivity index (χ0n) is 11.8. The first-order valence-electron chi connectivity index (χ1n) is 6.65. The monoisotopic (exact) mass is 310 g/mol. The molecule has 1 aliphatic carbocycles. The number of rotatable bonds is 2. The molecule has 0 aliphatic heterocycles. The highest BCUT2D eigenvalue weighted by atomic mass is 79.9. The van der Waals surface area contributed by atoms with Crippen molar-refractivity contribution in [2.75, 3.05) is 5.32 Å². The number of aromatic nitrogens is 1. The van der Waals surface area contributed by atoms with Crippen LogP contribution in [0.25, 0.3) is 0 Å². The Kier molecular flexibility index (Phi) is 3.72. The second kappa shape index (κ2) is 4.84. The highest BCUT2D eigenvalue weighted by molar-refractivity contribution is 9.10. The second-order valence-electron chi connectivity index (χ2n) is 7.09. The van der Waals surface area contributed by atoms with Crippen LogP contribution in [0.3, 0.4) is 0 Å². The van der Waals surface area contributed by atoms with Crippen LogP contribution in [0.15, 0.2) is 22.8 Å². The van der Waals surface area contributed by atoms with Gasteiger partial charge in [0.1, 0.15) is 5.82 Å². The molecule has 0 radical (unpaired) electrons. The molecule has 1 heterocycles. The smallest absolute Gasteiger partial charge is 0.140 e. The molecule has 0 atom stereocenters. The molecule has 3 heteroatoms. The average molecular weight is 311 g/mol. The van der Waals surface area contributed by atoms with Gasteiger partial charge in [0.25, 0.3) is 0 Å². The van der Waals surface area contributed by atoms with Gasteiger partial charge in [-0.1, -0.05) is 27.7 Å². The van der Waals surface area contributed by atoms with Crippen molar-refractivity contribution in [2.45, 2.75) is 53.0 Å². The fourth-order valence-electron chi connectivity index (χ4n) is 3.63. The van der Waals surface area contributed by atoms with E-state index in [0.717, 1.165) is 10.3 Å². The summed E-state index contributed by atoms with van der Waals surface area (Å²) in [4.78, 5) is 4.41. The van der Waals surface area contributed by atoms with Crippen molar-refractivity contribution in [2.24, 2.45) is 10.8 Å². The van der Waals surface area contributed by atoms with Crippen molar-refractivity contribution in [1.82, 2.24) is 4.98 Å². The summed E-state index contributed by atoms with van der Waals surface area (Å²) < 4.78 is 1.05. The minimum Gasteiger partial charge on any atom is -0.366 e. The summed E-state index contributed by atoms with van der Waals surface area (Å²) in [6.07, 6.45) is 5.55. The first-order chi connectivity index (χ1) is 8.27. The van der Waals surface area contributed by atoms with Crippen LogP contribution < -0.4 is 5.32 Å². The van der Waals surface area contributed by atoms with Gasteiger partial charge in [0.2, 0.25) is 0 Å². The minimum atomic E-state index is 0.403. The van der Waals surface area contributed by atoms with E-state index in [9.17, 15) is 0 Å². The fraction of sp³-hybridized carbons (Fsp3) is 0.667. The van der Waals surface area contributed by atoms with Gasteiger partial charge in [-0.25, -0.2) is 4.98 Å². The lowest BCUT2D eigenvalue weighted by molar-refractivity contribution is 0.105. The Hall–Kier alpha value is -0.570. The van der Waals surface area contributed by atoms with Crippen LogP contribution in [0.5, 0.6) is 0 Å². The molecule has 0 aromatic carbocycles. The molecule has 1 aromatic heterocycles. The predicted octanol–water partition coefficient (Wildman–Crippen LogP) is 4.86. The summed E-state index contributed by atoms with van der Waals surface area (Å²) in [5.41, 5.74) is 0.807. The lowest BCUT2D eigenvalue weighted by Gasteiger charge is -2.45. The average Bonchev–Trinajstić information content (AvgIpc) is 2.16. The first kappa shape index (κ1) is 13.9. The van der Waals surface area contributed by atoms with Crippen molar-refractivity contribution < 1.29 is 0 Å². The summed E-state index contributed by atoms with van der Waals surface area (Å²) in [5, 5.41) is 3.60. The van der Waals surface area contributed by atoms with E-state index >= 15 is 0 Å². The number of nitrogens with one attached hydrogen (secondary N) is 1. The molecule has 1 N–H and O–H groups in total. The highest BCUT2D eigenvalue weighted by Gasteiger charge is 2.38. The molecule has 100 valence electrons. The normalized spacial score (nSPS) is 22.7. The summed E-state index contributed by atoms with van der Waals surface area (Å²) >= 11 is 3.56. The summed E-state index contributed by atoms with van der Waals surface area (Å²) in [5.74, 6) is 0.969. The molecule has 1 fully saturated rings. The van der Waals surface area contributed by atoms with Crippen LogP contribution in [0, 0.1) is 10.8 Å². The van der Waals surface area contributed by atoms with E-state index in [1.807, 2.05) is 18.3 Å². The molecule has 1 saturated carbocycles. The van der Waals surface area contributed by atoms with Crippen LogP contribution >= 0.6 is 15.9 Å². The van der Waals surface area contributed by atoms with Gasteiger partial charge in [0.05, 0.1) is 4.47 Å². The SMILES string of the molecule is CC1(C)CC(Nc2ncccc2Br)CC(C)(C)C1. The second-order valence-corrected chi connectivity index (χ2v) is 7.94. The lowest BCUT2D eigenvalue weighted by atomic mass is 9.63. The third-order valence-electron chi connectivity index (χ3n) is 3.65. The molecule has 0 spiro atoms. The fourth-order valence-corrected chi connectivity index (χ4v) is 4.00. The van der Waals surface area contributed by atoms with E-state index in [-0.39, 0.29) is 0 Å². The number of hydrogen-bond acceptors (Lipinski definition) is 2. The number of anilines is 1. The maximum absolute atomic E-state index is 4.41. The molecular weight excluding hydrogens is 288 g/mol. The van der Waals surface area contributed by atoms with Gasteiger partial charge >= 0.3 is 0 Å². The van der Waals surface area contributed by atoms with Gasteiger partial charge < -0.3 is 5.32 Å². The zero-order valence-corrected chi connectivity index (χ0v) is 13.3. The Morgan fingerprint density at radius 3 is 2.39 bits per heavy atom. The van der Waals surface area contributed by atoms with Crippen molar-refractivity contribution in [3.63, 3.8) is 0 Å². The molecule has 2 nitrogen and oxygen atoms in total. The topological polar surface area (TPSA) is 24.9 Å². The summed E-state index contributed by atoms with van der Waals surface area (Å²) in [6.45, 7) is 9.48. The van der Waals surface area contributed by atoms with Crippen molar-refractivity contribution in [3.8, 4) is 0 Å². The molecule has 0 amide bonds. The Balaban J connectivity index is 2.12. The molecule has 2 rings (SSSR count). The molecule has 0 unspecified atom stereocenters. The zero-order chi connectivity index (χ0) is 13.4. The van der Waals surface area contributed by atoms with Crippen LogP contribution in [0.1, 0.15) is 47.0 Å². The standard InChI is InChI=1S/C15H23BrN2/c1-14(2)8-11(9-15(3,4)10-14)18-13-12(16)6-5-7-17-13/h5-7,11H,8-10H2,1-4H3,(H,17,18). The van der Waals surface area contributed by atoms with E-state index in [1.54, 1.807) is 0 Å². The van der Waals surface area contributed by atoms with Gasteiger partial charge in [-0.05, 0) is 58.2 Å². The quantitative estimate of drug-likeness (QED) is 0.843. The van der Waals surface area contributed by atoms with Crippen LogP contribution in [-0.2, 0) is 0 Å². The number of nitrogens with zero attached hydrogens (tertiary/aromatic N) is 1. The van der Waals surface area contributed by atoms with E-state index in [4.69, 9.17) is 0 Å². The molecular formula is C15H23BrN2. The summed E-state index contributed by atoms with van der Waals surface area (Å²) in [6, 6.07) is 4.49. The van der Waals surface area contributed by atoms with Crippen molar-refractivity contribution in [3.05, 3.63) is 22.8 Å². The van der Waals surface area contributed by atoms with E-state index in [0.29, 0.717) is 16.9 Å². The maximum atomic E-state index is 4.41. The van der Waals surface area contributed by atoms with Crippen LogP contribution in [-0.4, -0.2) is 11.0 Å². The number of halogens is 1. The van der Waals surface area contributed by atoms with E-state index in [2.05, 4.69) is 53.9 Å².